The molecule has 0 saturated carbocycles. The third-order valence-electron chi connectivity index (χ3n) is 2.79. The van der Waals surface area contributed by atoms with E-state index < -0.39 is 5.92 Å². The summed E-state index contributed by atoms with van der Waals surface area (Å²) in [4.78, 5) is 13.7. The Morgan fingerprint density at radius 3 is 2.61 bits per heavy atom. The van der Waals surface area contributed by atoms with Gasteiger partial charge in [0.05, 0.1) is 10.9 Å². The predicted molar refractivity (Wildman–Crippen MR) is 73.4 cm³/mol. The molecule has 18 heavy (non-hydrogen) atoms. The summed E-state index contributed by atoms with van der Waals surface area (Å²) in [5, 5.41) is 0. The van der Waals surface area contributed by atoms with Gasteiger partial charge in [0.15, 0.2) is 0 Å². The Bertz CT molecular complexity index is 450. The molecule has 0 heterocycles. The molecule has 1 aromatic rings. The summed E-state index contributed by atoms with van der Waals surface area (Å²) in [6.07, 6.45) is 0.551. The molecule has 1 rings (SSSR count). The third kappa shape index (κ3) is 3.50. The molecule has 1 unspecified atom stereocenters. The highest BCUT2D eigenvalue weighted by Crippen LogP contribution is 2.13. The normalized spacial score (nSPS) is 11.9. The van der Waals surface area contributed by atoms with Crippen molar-refractivity contribution in [3.8, 4) is 0 Å². The summed E-state index contributed by atoms with van der Waals surface area (Å²) < 4.78 is 13.5. The summed E-state index contributed by atoms with van der Waals surface area (Å²) in [7, 11) is 1.62. The van der Waals surface area contributed by atoms with Crippen LogP contribution in [-0.4, -0.2) is 22.8 Å². The fourth-order valence-corrected chi connectivity index (χ4v) is 1.99. The molecule has 3 nitrogen and oxygen atoms in total. The van der Waals surface area contributed by atoms with E-state index in [1.165, 1.54) is 11.0 Å². The minimum absolute atomic E-state index is 0.173. The van der Waals surface area contributed by atoms with Gasteiger partial charge in [0.2, 0.25) is 5.91 Å². The number of nitrogens with two attached hydrogens (primary N) is 1. The van der Waals surface area contributed by atoms with Gasteiger partial charge in [-0.05, 0) is 12.5 Å². The van der Waals surface area contributed by atoms with Crippen molar-refractivity contribution in [2.75, 3.05) is 7.05 Å². The molecule has 1 aromatic carbocycles. The van der Waals surface area contributed by atoms with Crippen LogP contribution in [0.1, 0.15) is 18.9 Å². The number of rotatable bonds is 5. The number of carbonyl (C=O) groups excluding carboxylic acids is 1. The van der Waals surface area contributed by atoms with Gasteiger partial charge in [-0.15, -0.1) is 0 Å². The Labute approximate surface area is 112 Å². The van der Waals surface area contributed by atoms with Gasteiger partial charge in [0.1, 0.15) is 5.82 Å². The van der Waals surface area contributed by atoms with Crippen molar-refractivity contribution in [1.82, 2.24) is 4.90 Å². The maximum Gasteiger partial charge on any atom is 0.232 e. The van der Waals surface area contributed by atoms with E-state index in [1.54, 1.807) is 25.2 Å². The van der Waals surface area contributed by atoms with E-state index in [0.717, 1.165) is 0 Å². The summed E-state index contributed by atoms with van der Waals surface area (Å²) in [5.74, 6) is -0.967. The van der Waals surface area contributed by atoms with Gasteiger partial charge >= 0.3 is 0 Å². The maximum atomic E-state index is 13.5. The molecule has 1 atom stereocenters. The van der Waals surface area contributed by atoms with E-state index >= 15 is 0 Å². The largest absolute Gasteiger partial charge is 0.393 e. The van der Waals surface area contributed by atoms with E-state index in [4.69, 9.17) is 18.0 Å². The predicted octanol–water partition coefficient (Wildman–Crippen LogP) is 2.10. The van der Waals surface area contributed by atoms with Crippen molar-refractivity contribution in [2.45, 2.75) is 19.9 Å². The van der Waals surface area contributed by atoms with Gasteiger partial charge in [-0.25, -0.2) is 4.39 Å². The summed E-state index contributed by atoms with van der Waals surface area (Å²) in [6.45, 7) is 2.06. The van der Waals surface area contributed by atoms with Crippen LogP contribution in [0.15, 0.2) is 24.3 Å². The second-order valence-electron chi connectivity index (χ2n) is 4.15. The molecule has 1 amide bonds. The lowest BCUT2D eigenvalue weighted by atomic mass is 10.0. The minimum Gasteiger partial charge on any atom is -0.393 e. The highest BCUT2D eigenvalue weighted by molar-refractivity contribution is 7.80. The Kier molecular flexibility index (Phi) is 5.22. The molecule has 2 N–H and O–H groups in total. The molecule has 0 aromatic heterocycles. The number of benzene rings is 1. The molecule has 0 aliphatic rings. The molecule has 0 fully saturated rings. The van der Waals surface area contributed by atoms with Crippen LogP contribution in [0, 0.1) is 11.7 Å². The number of halogens is 1. The number of thiocarbonyl (C=S) groups is 1. The second-order valence-corrected chi connectivity index (χ2v) is 4.62. The van der Waals surface area contributed by atoms with Gasteiger partial charge in [0, 0.05) is 19.2 Å². The van der Waals surface area contributed by atoms with Gasteiger partial charge in [0.25, 0.3) is 0 Å². The van der Waals surface area contributed by atoms with Crippen LogP contribution in [0.2, 0.25) is 0 Å². The number of carbonyl (C=O) groups is 1. The number of hydrogen-bond donors (Lipinski definition) is 1. The SMILES string of the molecule is CCC(C(=O)N(C)Cc1ccccc1F)C(N)=S. The Morgan fingerprint density at radius 1 is 1.50 bits per heavy atom. The fraction of sp³-hybridized carbons (Fsp3) is 0.385. The van der Waals surface area contributed by atoms with Crippen LogP contribution in [0.3, 0.4) is 0 Å². The van der Waals surface area contributed by atoms with Crippen molar-refractivity contribution < 1.29 is 9.18 Å². The molecule has 0 bridgehead atoms. The monoisotopic (exact) mass is 268 g/mol. The number of hydrogen-bond acceptors (Lipinski definition) is 2. The highest BCUT2D eigenvalue weighted by Gasteiger charge is 2.23. The topological polar surface area (TPSA) is 46.3 Å². The molecule has 98 valence electrons. The van der Waals surface area contributed by atoms with E-state index in [0.29, 0.717) is 12.0 Å². The first-order valence-corrected chi connectivity index (χ1v) is 6.15. The van der Waals surface area contributed by atoms with E-state index in [2.05, 4.69) is 0 Å². The Balaban J connectivity index is 2.77. The minimum atomic E-state index is -0.475. The van der Waals surface area contributed by atoms with Crippen LogP contribution in [0.25, 0.3) is 0 Å². The first kappa shape index (κ1) is 14.6. The van der Waals surface area contributed by atoms with Crippen LogP contribution in [0.4, 0.5) is 4.39 Å². The molecule has 0 spiro atoms. The van der Waals surface area contributed by atoms with Crippen LogP contribution >= 0.6 is 12.2 Å². The van der Waals surface area contributed by atoms with E-state index in [9.17, 15) is 9.18 Å². The number of nitrogens with zero attached hydrogens (tertiary/aromatic N) is 1. The lowest BCUT2D eigenvalue weighted by Crippen LogP contribution is -2.38. The molecule has 5 heteroatoms. The van der Waals surface area contributed by atoms with Gasteiger partial charge in [-0.3, -0.25) is 4.79 Å². The summed E-state index contributed by atoms with van der Waals surface area (Å²) in [6, 6.07) is 6.38. The third-order valence-corrected chi connectivity index (χ3v) is 3.08. The Morgan fingerprint density at radius 2 is 2.11 bits per heavy atom. The summed E-state index contributed by atoms with van der Waals surface area (Å²) in [5.41, 5.74) is 6.00. The highest BCUT2D eigenvalue weighted by atomic mass is 32.1. The fourth-order valence-electron chi connectivity index (χ4n) is 1.72. The lowest BCUT2D eigenvalue weighted by molar-refractivity contribution is -0.132. The maximum absolute atomic E-state index is 13.5. The lowest BCUT2D eigenvalue weighted by Gasteiger charge is -2.22. The molecule has 0 radical (unpaired) electrons. The molecular formula is C13H17FN2OS. The van der Waals surface area contributed by atoms with Crippen molar-refractivity contribution in [2.24, 2.45) is 11.7 Å². The smallest absolute Gasteiger partial charge is 0.232 e. The summed E-state index contributed by atoms with van der Waals surface area (Å²) >= 11 is 4.86. The van der Waals surface area contributed by atoms with Crippen LogP contribution in [0.5, 0.6) is 0 Å². The molecule has 0 saturated heterocycles. The van der Waals surface area contributed by atoms with Crippen molar-refractivity contribution >= 4 is 23.1 Å². The van der Waals surface area contributed by atoms with Crippen molar-refractivity contribution in [3.05, 3.63) is 35.6 Å². The molecule has 0 aliphatic heterocycles. The Hall–Kier alpha value is -1.49. The van der Waals surface area contributed by atoms with E-state index in [-0.39, 0.29) is 23.3 Å². The second kappa shape index (κ2) is 6.44. The molecule has 0 aliphatic carbocycles. The van der Waals surface area contributed by atoms with Gasteiger partial charge in [-0.1, -0.05) is 37.3 Å². The molecular weight excluding hydrogens is 251 g/mol. The zero-order valence-electron chi connectivity index (χ0n) is 10.5. The zero-order valence-corrected chi connectivity index (χ0v) is 11.3. The van der Waals surface area contributed by atoms with Crippen LogP contribution < -0.4 is 5.73 Å². The average Bonchev–Trinajstić information content (AvgIpc) is 2.32. The van der Waals surface area contributed by atoms with Crippen LogP contribution in [-0.2, 0) is 11.3 Å². The first-order chi connectivity index (χ1) is 8.47. The first-order valence-electron chi connectivity index (χ1n) is 5.75. The number of amides is 1. The van der Waals surface area contributed by atoms with Gasteiger partial charge < -0.3 is 10.6 Å². The zero-order chi connectivity index (χ0) is 13.7. The average molecular weight is 268 g/mol. The van der Waals surface area contributed by atoms with Gasteiger partial charge in [-0.2, -0.15) is 0 Å². The quantitative estimate of drug-likeness (QED) is 0.832. The standard InChI is InChI=1S/C13H17FN2OS/c1-3-10(12(15)18)13(17)16(2)8-9-6-4-5-7-11(9)14/h4-7,10H,3,8H2,1-2H3,(H2,15,18). The van der Waals surface area contributed by atoms with E-state index in [1.807, 2.05) is 6.92 Å². The van der Waals surface area contributed by atoms with Crippen molar-refractivity contribution in [3.63, 3.8) is 0 Å². The van der Waals surface area contributed by atoms with Crippen molar-refractivity contribution in [1.29, 1.82) is 0 Å².